The minimum atomic E-state index is 0. The lowest BCUT2D eigenvalue weighted by Crippen LogP contribution is -1.83. The molecule has 2 nitrogen and oxygen atoms in total. The number of alkyl halides is 1. The van der Waals surface area contributed by atoms with Crippen molar-refractivity contribution >= 4 is 35.9 Å². The van der Waals surface area contributed by atoms with E-state index in [0.717, 1.165) is 10.9 Å². The van der Waals surface area contributed by atoms with Crippen molar-refractivity contribution < 1.29 is 0 Å². The average molecular weight is 218 g/mol. The van der Waals surface area contributed by atoms with Crippen LogP contribution >= 0.6 is 27.5 Å². The zero-order valence-corrected chi connectivity index (χ0v) is 7.43. The van der Waals surface area contributed by atoms with Crippen LogP contribution in [-0.2, 0) is 5.33 Å². The first-order valence-corrected chi connectivity index (χ1v) is 3.85. The molecule has 0 spiro atoms. The number of halogens is 2. The molecule has 10 heavy (non-hydrogen) atoms. The Morgan fingerprint density at radius 1 is 1.40 bits per heavy atom. The lowest BCUT2D eigenvalue weighted by Gasteiger charge is -1.90. The zero-order chi connectivity index (χ0) is 6.69. The molecule has 0 aliphatic carbocycles. The van der Waals surface area contributed by atoms with Gasteiger partial charge in [0.05, 0.1) is 0 Å². The molecule has 1 aromatic rings. The van der Waals surface area contributed by atoms with E-state index in [4.69, 9.17) is 11.6 Å². The van der Waals surface area contributed by atoms with Gasteiger partial charge in [-0.1, -0.05) is 15.9 Å². The van der Waals surface area contributed by atoms with Crippen molar-refractivity contribution in [2.75, 3.05) is 0 Å². The predicted molar refractivity (Wildman–Crippen MR) is 45.4 cm³/mol. The SMILES string of the molecule is Clc1ncc(CBr)cn1.[B]. The molecule has 0 N–H and O–H groups in total. The second kappa shape index (κ2) is 4.69. The summed E-state index contributed by atoms with van der Waals surface area (Å²) in [6.45, 7) is 0. The first-order chi connectivity index (χ1) is 4.33. The highest BCUT2D eigenvalue weighted by molar-refractivity contribution is 9.08. The van der Waals surface area contributed by atoms with E-state index in [0.29, 0.717) is 5.28 Å². The van der Waals surface area contributed by atoms with Crippen molar-refractivity contribution in [3.8, 4) is 0 Å². The normalized spacial score (nSPS) is 8.60. The highest BCUT2D eigenvalue weighted by atomic mass is 79.9. The van der Waals surface area contributed by atoms with Crippen molar-refractivity contribution in [2.24, 2.45) is 0 Å². The van der Waals surface area contributed by atoms with Crippen LogP contribution in [0.5, 0.6) is 0 Å². The second-order valence-electron chi connectivity index (χ2n) is 1.49. The van der Waals surface area contributed by atoms with Gasteiger partial charge in [-0.3, -0.25) is 0 Å². The third-order valence-corrected chi connectivity index (χ3v) is 1.67. The fourth-order valence-corrected chi connectivity index (χ4v) is 0.795. The molecular formula is C5H4BBrClN2. The van der Waals surface area contributed by atoms with Crippen LogP contribution in [0.3, 0.4) is 0 Å². The number of hydrogen-bond acceptors (Lipinski definition) is 2. The standard InChI is InChI=1S/C5H4BrClN2.B/c6-1-4-2-8-5(7)9-3-4;/h2-3H,1H2;. The molecular weight excluding hydrogens is 214 g/mol. The number of rotatable bonds is 1. The highest BCUT2D eigenvalue weighted by Gasteiger charge is 1.90. The van der Waals surface area contributed by atoms with Gasteiger partial charge in [0.15, 0.2) is 0 Å². The van der Waals surface area contributed by atoms with Crippen LogP contribution in [0.1, 0.15) is 5.56 Å². The van der Waals surface area contributed by atoms with Gasteiger partial charge in [0.25, 0.3) is 0 Å². The van der Waals surface area contributed by atoms with Crippen LogP contribution in [0.4, 0.5) is 0 Å². The van der Waals surface area contributed by atoms with E-state index in [9.17, 15) is 0 Å². The van der Waals surface area contributed by atoms with Crippen molar-refractivity contribution in [2.45, 2.75) is 5.33 Å². The van der Waals surface area contributed by atoms with Gasteiger partial charge in [-0.05, 0) is 17.2 Å². The molecule has 0 saturated heterocycles. The largest absolute Gasteiger partial charge is 0.226 e. The molecule has 0 aromatic carbocycles. The van der Waals surface area contributed by atoms with Gasteiger partial charge in [-0.15, -0.1) is 0 Å². The molecule has 51 valence electrons. The van der Waals surface area contributed by atoms with Gasteiger partial charge in [-0.2, -0.15) is 0 Å². The van der Waals surface area contributed by atoms with E-state index < -0.39 is 0 Å². The Labute approximate surface area is 74.7 Å². The molecule has 0 unspecified atom stereocenters. The van der Waals surface area contributed by atoms with E-state index >= 15 is 0 Å². The summed E-state index contributed by atoms with van der Waals surface area (Å²) in [6, 6.07) is 0. The van der Waals surface area contributed by atoms with Crippen LogP contribution in [0.2, 0.25) is 5.28 Å². The quantitative estimate of drug-likeness (QED) is 0.407. The summed E-state index contributed by atoms with van der Waals surface area (Å²) in [5.41, 5.74) is 1.03. The minimum absolute atomic E-state index is 0. The zero-order valence-electron chi connectivity index (χ0n) is 5.09. The van der Waals surface area contributed by atoms with Gasteiger partial charge in [0.1, 0.15) is 0 Å². The molecule has 0 bridgehead atoms. The fourth-order valence-electron chi connectivity index (χ4n) is 0.408. The molecule has 1 heterocycles. The van der Waals surface area contributed by atoms with E-state index in [-0.39, 0.29) is 8.41 Å². The van der Waals surface area contributed by atoms with Crippen molar-refractivity contribution in [1.82, 2.24) is 9.97 Å². The highest BCUT2D eigenvalue weighted by Crippen LogP contribution is 2.03. The summed E-state index contributed by atoms with van der Waals surface area (Å²) in [4.78, 5) is 7.55. The summed E-state index contributed by atoms with van der Waals surface area (Å²) in [5, 5.41) is 1.06. The summed E-state index contributed by atoms with van der Waals surface area (Å²) in [6.07, 6.45) is 3.37. The molecule has 1 aromatic heterocycles. The fraction of sp³-hybridized carbons (Fsp3) is 0.200. The molecule has 0 fully saturated rings. The van der Waals surface area contributed by atoms with Crippen molar-refractivity contribution in [3.63, 3.8) is 0 Å². The van der Waals surface area contributed by atoms with Crippen LogP contribution < -0.4 is 0 Å². The summed E-state index contributed by atoms with van der Waals surface area (Å²) in [5.74, 6) is 0. The third-order valence-electron chi connectivity index (χ3n) is 0.828. The van der Waals surface area contributed by atoms with Crippen LogP contribution in [0.25, 0.3) is 0 Å². The van der Waals surface area contributed by atoms with Gasteiger partial charge < -0.3 is 0 Å². The predicted octanol–water partition coefficient (Wildman–Crippen LogP) is 1.64. The first-order valence-electron chi connectivity index (χ1n) is 2.35. The van der Waals surface area contributed by atoms with Gasteiger partial charge >= 0.3 is 0 Å². The summed E-state index contributed by atoms with van der Waals surface area (Å²) in [7, 11) is 0. The lowest BCUT2D eigenvalue weighted by atomic mass is 10.4. The number of hydrogen-bond donors (Lipinski definition) is 0. The molecule has 0 aliphatic heterocycles. The molecule has 0 saturated carbocycles. The van der Waals surface area contributed by atoms with Gasteiger partial charge in [0, 0.05) is 26.1 Å². The maximum atomic E-state index is 5.43. The van der Waals surface area contributed by atoms with E-state index in [1.807, 2.05) is 0 Å². The second-order valence-corrected chi connectivity index (χ2v) is 2.39. The lowest BCUT2D eigenvalue weighted by molar-refractivity contribution is 1.12. The minimum Gasteiger partial charge on any atom is -0.226 e. The number of aromatic nitrogens is 2. The van der Waals surface area contributed by atoms with E-state index in [1.54, 1.807) is 12.4 Å². The van der Waals surface area contributed by atoms with Crippen LogP contribution in [-0.4, -0.2) is 18.4 Å². The molecule has 5 heteroatoms. The Morgan fingerprint density at radius 3 is 2.30 bits per heavy atom. The monoisotopic (exact) mass is 217 g/mol. The Morgan fingerprint density at radius 2 is 1.90 bits per heavy atom. The van der Waals surface area contributed by atoms with E-state index in [1.165, 1.54) is 0 Å². The Kier molecular flexibility index (Phi) is 4.65. The molecule has 0 aliphatic rings. The van der Waals surface area contributed by atoms with Gasteiger partial charge in [-0.25, -0.2) is 9.97 Å². The molecule has 1 rings (SSSR count). The number of nitrogens with zero attached hydrogens (tertiary/aromatic N) is 2. The Balaban J connectivity index is 0.000000810. The third kappa shape index (κ3) is 2.67. The Hall–Kier alpha value is -0.0851. The smallest absolute Gasteiger partial charge is 0.222 e. The topological polar surface area (TPSA) is 25.8 Å². The summed E-state index contributed by atoms with van der Waals surface area (Å²) < 4.78 is 0. The summed E-state index contributed by atoms with van der Waals surface area (Å²) >= 11 is 8.69. The molecule has 0 amide bonds. The maximum absolute atomic E-state index is 5.43. The Bertz CT molecular complexity index is 191. The van der Waals surface area contributed by atoms with E-state index in [2.05, 4.69) is 25.9 Å². The van der Waals surface area contributed by atoms with Crippen molar-refractivity contribution in [1.29, 1.82) is 0 Å². The average Bonchev–Trinajstić information content (AvgIpc) is 1.90. The molecule has 3 radical (unpaired) electrons. The van der Waals surface area contributed by atoms with Gasteiger partial charge in [0.2, 0.25) is 5.28 Å². The van der Waals surface area contributed by atoms with Crippen LogP contribution in [0, 0.1) is 0 Å². The maximum Gasteiger partial charge on any atom is 0.222 e. The van der Waals surface area contributed by atoms with Crippen molar-refractivity contribution in [3.05, 3.63) is 23.2 Å². The first kappa shape index (κ1) is 9.91. The molecule has 0 atom stereocenters. The van der Waals surface area contributed by atoms with Crippen LogP contribution in [0.15, 0.2) is 12.4 Å².